The van der Waals surface area contributed by atoms with Gasteiger partial charge in [0, 0.05) is 28.7 Å². The molecule has 0 aliphatic heterocycles. The van der Waals surface area contributed by atoms with Gasteiger partial charge in [0.2, 0.25) is 0 Å². The first kappa shape index (κ1) is 29.8. The maximum Gasteiger partial charge on any atom is 0.416 e. The van der Waals surface area contributed by atoms with Crippen molar-refractivity contribution in [2.75, 3.05) is 12.0 Å². The predicted molar refractivity (Wildman–Crippen MR) is 131 cm³/mol. The van der Waals surface area contributed by atoms with Crippen LogP contribution in [0.25, 0.3) is 11.4 Å². The van der Waals surface area contributed by atoms with E-state index in [4.69, 9.17) is 11.6 Å². The first-order valence-corrected chi connectivity index (χ1v) is 12.8. The van der Waals surface area contributed by atoms with Crippen LogP contribution in [0.3, 0.4) is 0 Å². The molecule has 6 nitrogen and oxygen atoms in total. The van der Waals surface area contributed by atoms with E-state index in [1.54, 1.807) is 6.26 Å². The van der Waals surface area contributed by atoms with Crippen LogP contribution in [-0.4, -0.2) is 49.5 Å². The molecule has 1 N–H and O–H groups in total. The average molecular weight is 582 g/mol. The monoisotopic (exact) mass is 581 g/mol. The molecule has 0 amide bonds. The molecule has 2 atom stereocenters. The highest BCUT2D eigenvalue weighted by Crippen LogP contribution is 2.37. The molecule has 1 heterocycles. The Bertz CT molecular complexity index is 1320. The number of Topliss-reactive ketones (excluding diaryl/α,β-unsaturated/α-hetero) is 1. The smallest absolute Gasteiger partial charge is 0.382 e. The molecule has 0 aliphatic rings. The van der Waals surface area contributed by atoms with Crippen LogP contribution in [-0.2, 0) is 24.1 Å². The first-order valence-electron chi connectivity index (χ1n) is 11.1. The van der Waals surface area contributed by atoms with E-state index >= 15 is 0 Å². The zero-order valence-electron chi connectivity index (χ0n) is 19.8. The minimum Gasteiger partial charge on any atom is -0.382 e. The third-order valence-corrected chi connectivity index (χ3v) is 6.62. The van der Waals surface area contributed by atoms with Crippen LogP contribution in [0.5, 0.6) is 0 Å². The second kappa shape index (κ2) is 12.0. The molecule has 3 aromatic rings. The topological polar surface area (TPSA) is 77.1 Å². The Morgan fingerprint density at radius 3 is 2.29 bits per heavy atom. The maximum atomic E-state index is 13.5. The first-order chi connectivity index (χ1) is 17.7. The Hall–Kier alpha value is -2.77. The van der Waals surface area contributed by atoms with Crippen molar-refractivity contribution in [2.45, 2.75) is 43.9 Å². The lowest BCUT2D eigenvalue weighted by molar-refractivity contribution is -0.207. The highest BCUT2D eigenvalue weighted by Gasteiger charge is 2.39. The van der Waals surface area contributed by atoms with Gasteiger partial charge < -0.3 is 5.11 Å². The Kier molecular flexibility index (Phi) is 9.37. The zero-order valence-corrected chi connectivity index (χ0v) is 21.3. The number of aliphatic hydroxyl groups is 1. The van der Waals surface area contributed by atoms with Crippen LogP contribution in [0, 0.1) is 0 Å². The van der Waals surface area contributed by atoms with Gasteiger partial charge in [-0.1, -0.05) is 29.8 Å². The average Bonchev–Trinajstić information content (AvgIpc) is 3.13. The molecule has 0 bridgehead atoms. The lowest BCUT2D eigenvalue weighted by atomic mass is 9.91. The highest BCUT2D eigenvalue weighted by molar-refractivity contribution is 7.98. The van der Waals surface area contributed by atoms with Crippen molar-refractivity contribution in [3.8, 4) is 11.4 Å². The summed E-state index contributed by atoms with van der Waals surface area (Å²) in [6.45, 7) is -1.86. The van der Waals surface area contributed by atoms with E-state index in [1.807, 2.05) is 0 Å². The third-order valence-electron chi connectivity index (χ3n) is 5.63. The minimum absolute atomic E-state index is 0.0734. The Labute approximate surface area is 222 Å². The number of benzene rings is 2. The van der Waals surface area contributed by atoms with Crippen LogP contribution < -0.4 is 5.69 Å². The summed E-state index contributed by atoms with van der Waals surface area (Å²) in [5.74, 6) is -1.55. The van der Waals surface area contributed by atoms with Crippen molar-refractivity contribution < 1.29 is 36.2 Å². The van der Waals surface area contributed by atoms with E-state index in [2.05, 4.69) is 5.10 Å². The molecule has 206 valence electrons. The number of aliphatic hydroxyl groups excluding tert-OH is 1. The summed E-state index contributed by atoms with van der Waals surface area (Å²) in [6, 6.07) is 10.5. The van der Waals surface area contributed by atoms with E-state index in [-0.39, 0.29) is 29.1 Å². The molecule has 0 radical (unpaired) electrons. The van der Waals surface area contributed by atoms with Crippen molar-refractivity contribution in [1.82, 2.24) is 14.3 Å². The van der Waals surface area contributed by atoms with Gasteiger partial charge in [0.05, 0.1) is 12.1 Å². The summed E-state index contributed by atoms with van der Waals surface area (Å²) in [6.07, 6.45) is -11.2. The fourth-order valence-corrected chi connectivity index (χ4v) is 4.70. The number of thioether (sulfide) groups is 1. The number of nitrogens with zero attached hydrogens (tertiary/aromatic N) is 3. The molecule has 3 rings (SSSR count). The number of carbonyl (C=O) groups excluding carboxylic acids is 1. The lowest BCUT2D eigenvalue weighted by Crippen LogP contribution is -2.37. The SMILES string of the molecule is CSCC(CC(=O)Cn1nc(-c2ccc(Cl)cc2)n(C[C@H](O)C(F)(F)F)c1=O)c1ccccc1C(F)(F)F. The molecule has 2 aromatic carbocycles. The molecule has 1 aromatic heterocycles. The molecular formula is C24H22ClF6N3O3S. The molecule has 38 heavy (non-hydrogen) atoms. The number of hydrogen-bond donors (Lipinski definition) is 1. The fraction of sp³-hybridized carbons (Fsp3) is 0.375. The summed E-state index contributed by atoms with van der Waals surface area (Å²) in [5.41, 5.74) is -1.84. The van der Waals surface area contributed by atoms with Crippen molar-refractivity contribution in [2.24, 2.45) is 0 Å². The summed E-state index contributed by atoms with van der Waals surface area (Å²) < 4.78 is 80.9. The van der Waals surface area contributed by atoms with Gasteiger partial charge in [0.15, 0.2) is 17.7 Å². The standard InChI is InChI=1S/C24H22ClF6N3O3S/c1-38-13-15(18-4-2-3-5-19(18)23(26,27)28)10-17(35)11-34-22(37)33(12-20(36)24(29,30)31)21(32-34)14-6-8-16(25)9-7-14/h2-9,15,20,36H,10-13H2,1H3/t15?,20-/m0/s1. The van der Waals surface area contributed by atoms with E-state index < -0.39 is 54.5 Å². The number of carbonyl (C=O) groups is 1. The van der Waals surface area contributed by atoms with Crippen LogP contribution in [0.4, 0.5) is 26.3 Å². The number of halogens is 7. The maximum absolute atomic E-state index is 13.5. The van der Waals surface area contributed by atoms with Crippen LogP contribution in [0.2, 0.25) is 5.02 Å². The van der Waals surface area contributed by atoms with Gasteiger partial charge in [-0.15, -0.1) is 5.10 Å². The van der Waals surface area contributed by atoms with E-state index in [1.165, 1.54) is 54.2 Å². The molecular weight excluding hydrogens is 560 g/mol. The lowest BCUT2D eigenvalue weighted by Gasteiger charge is -2.20. The van der Waals surface area contributed by atoms with Gasteiger partial charge in [-0.25, -0.2) is 9.48 Å². The second-order valence-electron chi connectivity index (χ2n) is 8.42. The number of alkyl halides is 6. The van der Waals surface area contributed by atoms with Crippen molar-refractivity contribution in [3.63, 3.8) is 0 Å². The number of rotatable bonds is 10. The number of hydrogen-bond acceptors (Lipinski definition) is 5. The molecule has 0 spiro atoms. The molecule has 14 heteroatoms. The predicted octanol–water partition coefficient (Wildman–Crippen LogP) is 5.41. The summed E-state index contributed by atoms with van der Waals surface area (Å²) in [7, 11) is 0. The number of aromatic nitrogens is 3. The van der Waals surface area contributed by atoms with Gasteiger partial charge in [-0.2, -0.15) is 38.1 Å². The third kappa shape index (κ3) is 7.20. The minimum atomic E-state index is -5.02. The zero-order chi connectivity index (χ0) is 28.3. The molecule has 0 aliphatic carbocycles. The highest BCUT2D eigenvalue weighted by atomic mass is 35.5. The molecule has 0 saturated heterocycles. The van der Waals surface area contributed by atoms with Gasteiger partial charge >= 0.3 is 18.0 Å². The van der Waals surface area contributed by atoms with E-state index in [9.17, 15) is 41.0 Å². The normalized spacial score (nSPS) is 13.9. The summed E-state index contributed by atoms with van der Waals surface area (Å²) >= 11 is 7.09. The molecule has 1 unspecified atom stereocenters. The Balaban J connectivity index is 1.94. The largest absolute Gasteiger partial charge is 0.416 e. The number of ketones is 1. The fourth-order valence-electron chi connectivity index (χ4n) is 3.87. The van der Waals surface area contributed by atoms with Crippen LogP contribution in [0.1, 0.15) is 23.5 Å². The van der Waals surface area contributed by atoms with Gasteiger partial charge in [-0.3, -0.25) is 9.36 Å². The van der Waals surface area contributed by atoms with Crippen molar-refractivity contribution in [3.05, 3.63) is 75.2 Å². The quantitative estimate of drug-likeness (QED) is 0.324. The molecule has 0 saturated carbocycles. The summed E-state index contributed by atoms with van der Waals surface area (Å²) in [4.78, 5) is 25.9. The van der Waals surface area contributed by atoms with Gasteiger partial charge in [0.25, 0.3) is 0 Å². The Morgan fingerprint density at radius 2 is 1.71 bits per heavy atom. The molecule has 0 fully saturated rings. The Morgan fingerprint density at radius 1 is 1.08 bits per heavy atom. The van der Waals surface area contributed by atoms with Crippen LogP contribution >= 0.6 is 23.4 Å². The van der Waals surface area contributed by atoms with Crippen molar-refractivity contribution >= 4 is 29.1 Å². The van der Waals surface area contributed by atoms with Crippen molar-refractivity contribution in [1.29, 1.82) is 0 Å². The van der Waals surface area contributed by atoms with E-state index in [0.29, 0.717) is 14.3 Å². The van der Waals surface area contributed by atoms with Gasteiger partial charge in [0.1, 0.15) is 6.54 Å². The summed E-state index contributed by atoms with van der Waals surface area (Å²) in [5, 5.41) is 13.9. The second-order valence-corrected chi connectivity index (χ2v) is 9.77. The van der Waals surface area contributed by atoms with Gasteiger partial charge in [-0.05, 0) is 42.2 Å². The van der Waals surface area contributed by atoms with Crippen LogP contribution in [0.15, 0.2) is 53.3 Å². The van der Waals surface area contributed by atoms with E-state index in [0.717, 1.165) is 6.07 Å².